The van der Waals surface area contributed by atoms with E-state index in [4.69, 9.17) is 0 Å². The fourth-order valence-electron chi connectivity index (χ4n) is 1.89. The van der Waals surface area contributed by atoms with Gasteiger partial charge < -0.3 is 12.4 Å². The highest BCUT2D eigenvalue weighted by molar-refractivity contribution is 7.94. The summed E-state index contributed by atoms with van der Waals surface area (Å²) in [5.41, 5.74) is 0. The third-order valence-electron chi connectivity index (χ3n) is 3.52. The second-order valence-electron chi connectivity index (χ2n) is 4.31. The van der Waals surface area contributed by atoms with Crippen molar-refractivity contribution in [1.29, 1.82) is 0 Å². The van der Waals surface area contributed by atoms with E-state index in [1.807, 2.05) is 12.3 Å². The number of sulfone groups is 1. The van der Waals surface area contributed by atoms with Crippen LogP contribution in [0.3, 0.4) is 0 Å². The zero-order valence-corrected chi connectivity index (χ0v) is 13.3. The maximum absolute atomic E-state index is 12.1. The largest absolute Gasteiger partial charge is 1.00 e. The first-order chi connectivity index (χ1) is 8.49. The minimum Gasteiger partial charge on any atom is -1.00 e. The number of hydrogen-bond donors (Lipinski definition) is 0. The summed E-state index contributed by atoms with van der Waals surface area (Å²) < 4.78 is 24.9. The third-order valence-corrected chi connectivity index (χ3v) is 4.93. The van der Waals surface area contributed by atoms with E-state index in [0.717, 1.165) is 19.6 Å². The fraction of sp³-hybridized carbons (Fsp3) is 0.429. The summed E-state index contributed by atoms with van der Waals surface area (Å²) in [4.78, 5) is 0.350. The van der Waals surface area contributed by atoms with Gasteiger partial charge in [0, 0.05) is 0 Å². The SMILES string of the molecule is CC[N+](C=CS(=O)(=O)c1ccccc1)(CC)CC.[Cl-]. The van der Waals surface area contributed by atoms with Crippen molar-refractivity contribution in [3.63, 3.8) is 0 Å². The predicted octanol–water partition coefficient (Wildman–Crippen LogP) is -0.188. The van der Waals surface area contributed by atoms with Gasteiger partial charge in [-0.1, -0.05) is 18.2 Å². The van der Waals surface area contributed by atoms with Gasteiger partial charge in [0.2, 0.25) is 9.84 Å². The normalized spacial score (nSPS) is 12.4. The molecule has 0 heterocycles. The Hall–Kier alpha value is -0.840. The molecule has 0 fully saturated rings. The summed E-state index contributed by atoms with van der Waals surface area (Å²) in [6, 6.07) is 8.54. The van der Waals surface area contributed by atoms with Gasteiger partial charge in [-0.2, -0.15) is 0 Å². The Morgan fingerprint density at radius 2 is 1.47 bits per heavy atom. The van der Waals surface area contributed by atoms with Crippen molar-refractivity contribution in [3.05, 3.63) is 41.9 Å². The van der Waals surface area contributed by atoms with Gasteiger partial charge in [0.1, 0.15) is 6.20 Å². The van der Waals surface area contributed by atoms with Crippen molar-refractivity contribution in [2.75, 3.05) is 19.6 Å². The van der Waals surface area contributed by atoms with Crippen LogP contribution >= 0.6 is 0 Å². The van der Waals surface area contributed by atoms with E-state index in [9.17, 15) is 8.42 Å². The smallest absolute Gasteiger partial charge is 0.204 e. The molecule has 0 aliphatic carbocycles. The van der Waals surface area contributed by atoms with Crippen molar-refractivity contribution < 1.29 is 25.3 Å². The molecule has 5 heteroatoms. The van der Waals surface area contributed by atoms with Crippen molar-refractivity contribution >= 4 is 9.84 Å². The minimum absolute atomic E-state index is 0. The van der Waals surface area contributed by atoms with Crippen LogP contribution in [0.25, 0.3) is 0 Å². The molecular weight excluding hydrogens is 282 g/mol. The maximum Gasteiger partial charge on any atom is 0.204 e. The van der Waals surface area contributed by atoms with Crippen LogP contribution in [-0.4, -0.2) is 32.5 Å². The lowest BCUT2D eigenvalue weighted by Gasteiger charge is -2.31. The molecule has 0 N–H and O–H groups in total. The lowest BCUT2D eigenvalue weighted by molar-refractivity contribution is -0.874. The molecular formula is C14H22ClNO2S. The third kappa shape index (κ3) is 4.64. The van der Waals surface area contributed by atoms with Gasteiger partial charge in [0.25, 0.3) is 0 Å². The molecule has 108 valence electrons. The summed E-state index contributed by atoms with van der Waals surface area (Å²) in [5, 5.41) is 1.35. The van der Waals surface area contributed by atoms with Crippen LogP contribution in [0, 0.1) is 0 Å². The molecule has 1 aromatic rings. The molecule has 3 nitrogen and oxygen atoms in total. The van der Waals surface area contributed by atoms with Gasteiger partial charge in [-0.05, 0) is 32.9 Å². The van der Waals surface area contributed by atoms with Crippen LogP contribution in [-0.2, 0) is 9.84 Å². The molecule has 0 saturated heterocycles. The summed E-state index contributed by atoms with van der Waals surface area (Å²) in [7, 11) is -3.32. The minimum atomic E-state index is -3.32. The van der Waals surface area contributed by atoms with Crippen LogP contribution < -0.4 is 12.4 Å². The molecule has 0 saturated carbocycles. The van der Waals surface area contributed by atoms with Gasteiger partial charge in [-0.25, -0.2) is 8.42 Å². The zero-order valence-electron chi connectivity index (χ0n) is 11.7. The monoisotopic (exact) mass is 303 g/mol. The quantitative estimate of drug-likeness (QED) is 0.683. The Morgan fingerprint density at radius 3 is 1.89 bits per heavy atom. The van der Waals surface area contributed by atoms with E-state index in [1.54, 1.807) is 24.3 Å². The summed E-state index contributed by atoms with van der Waals surface area (Å²) in [6.07, 6.45) is 1.81. The Balaban J connectivity index is 0.00000324. The van der Waals surface area contributed by atoms with Gasteiger partial charge in [0.05, 0.1) is 29.9 Å². The molecule has 19 heavy (non-hydrogen) atoms. The highest BCUT2D eigenvalue weighted by atomic mass is 35.5. The molecule has 0 spiro atoms. The Labute approximate surface area is 122 Å². The number of nitrogens with zero attached hydrogens (tertiary/aromatic N) is 1. The van der Waals surface area contributed by atoms with E-state index in [-0.39, 0.29) is 12.4 Å². The topological polar surface area (TPSA) is 34.1 Å². The first-order valence-corrected chi connectivity index (χ1v) is 7.89. The van der Waals surface area contributed by atoms with Crippen molar-refractivity contribution in [2.24, 2.45) is 0 Å². The van der Waals surface area contributed by atoms with Crippen molar-refractivity contribution in [3.8, 4) is 0 Å². The lowest BCUT2D eigenvalue weighted by atomic mass is 10.4. The maximum atomic E-state index is 12.1. The van der Waals surface area contributed by atoms with E-state index in [0.29, 0.717) is 9.38 Å². The average molecular weight is 304 g/mol. The Bertz CT molecular complexity index is 485. The number of quaternary nitrogens is 1. The zero-order chi connectivity index (χ0) is 13.6. The van der Waals surface area contributed by atoms with Crippen molar-refractivity contribution in [1.82, 2.24) is 0 Å². The van der Waals surface area contributed by atoms with Gasteiger partial charge in [-0.3, -0.25) is 4.48 Å². The van der Waals surface area contributed by atoms with Crippen LogP contribution in [0.4, 0.5) is 0 Å². The van der Waals surface area contributed by atoms with Crippen molar-refractivity contribution in [2.45, 2.75) is 25.7 Å². The molecule has 0 radical (unpaired) electrons. The molecule has 0 atom stereocenters. The summed E-state index contributed by atoms with van der Waals surface area (Å²) in [6.45, 7) is 8.92. The van der Waals surface area contributed by atoms with Gasteiger partial charge in [0.15, 0.2) is 0 Å². The standard InChI is InChI=1S/C14H22NO2S.ClH/c1-4-15(5-2,6-3)12-13-18(16,17)14-10-8-7-9-11-14;/h7-13H,4-6H2,1-3H3;1H/q+1;/p-1. The summed E-state index contributed by atoms with van der Waals surface area (Å²) in [5.74, 6) is 0. The van der Waals surface area contributed by atoms with Gasteiger partial charge in [-0.15, -0.1) is 0 Å². The van der Waals surface area contributed by atoms with Gasteiger partial charge >= 0.3 is 0 Å². The van der Waals surface area contributed by atoms with Crippen LogP contribution in [0.15, 0.2) is 46.8 Å². The van der Waals surface area contributed by atoms with Crippen LogP contribution in [0.1, 0.15) is 20.8 Å². The molecule has 1 rings (SSSR count). The number of halogens is 1. The molecule has 0 bridgehead atoms. The predicted molar refractivity (Wildman–Crippen MR) is 74.7 cm³/mol. The highest BCUT2D eigenvalue weighted by Gasteiger charge is 2.19. The second kappa shape index (κ2) is 7.68. The van der Waals surface area contributed by atoms with E-state index < -0.39 is 9.84 Å². The lowest BCUT2D eigenvalue weighted by Crippen LogP contribution is -3.00. The molecule has 0 aliphatic heterocycles. The molecule has 0 unspecified atom stereocenters. The number of hydrogen-bond acceptors (Lipinski definition) is 2. The molecule has 1 aromatic carbocycles. The van der Waals surface area contributed by atoms with E-state index in [1.165, 1.54) is 5.41 Å². The molecule has 0 aliphatic rings. The van der Waals surface area contributed by atoms with E-state index >= 15 is 0 Å². The first-order valence-electron chi connectivity index (χ1n) is 6.35. The highest BCUT2D eigenvalue weighted by Crippen LogP contribution is 2.14. The Kier molecular flexibility index (Phi) is 7.34. The molecule has 0 amide bonds. The number of rotatable bonds is 6. The Morgan fingerprint density at radius 1 is 1.00 bits per heavy atom. The molecule has 0 aromatic heterocycles. The fourth-order valence-corrected chi connectivity index (χ4v) is 3.00. The van der Waals surface area contributed by atoms with Crippen LogP contribution in [0.2, 0.25) is 0 Å². The first kappa shape index (κ1) is 18.2. The van der Waals surface area contributed by atoms with E-state index in [2.05, 4.69) is 20.8 Å². The summed E-state index contributed by atoms with van der Waals surface area (Å²) >= 11 is 0. The number of benzene rings is 1. The second-order valence-corrected chi connectivity index (χ2v) is 6.14. The van der Waals surface area contributed by atoms with Crippen LogP contribution in [0.5, 0.6) is 0 Å². The average Bonchev–Trinajstić information content (AvgIpc) is 2.42.